The highest BCUT2D eigenvalue weighted by Gasteiger charge is 2.67. The molecule has 4 bridgehead atoms. The van der Waals surface area contributed by atoms with Gasteiger partial charge in [0, 0.05) is 6.61 Å². The van der Waals surface area contributed by atoms with Crippen molar-refractivity contribution < 1.29 is 15.0 Å². The predicted octanol–water partition coefficient (Wildman–Crippen LogP) is 2.43. The van der Waals surface area contributed by atoms with Crippen molar-refractivity contribution in [2.75, 3.05) is 6.61 Å². The minimum atomic E-state index is -0.633. The van der Waals surface area contributed by atoms with Gasteiger partial charge in [0.2, 0.25) is 0 Å². The molecule has 2 unspecified atom stereocenters. The zero-order valence-corrected chi connectivity index (χ0v) is 10.8. The van der Waals surface area contributed by atoms with Crippen LogP contribution in [0.2, 0.25) is 0 Å². The molecule has 4 fully saturated rings. The van der Waals surface area contributed by atoms with Gasteiger partial charge in [-0.1, -0.05) is 13.8 Å². The lowest BCUT2D eigenvalue weighted by atomic mass is 9.36. The second-order valence-corrected chi connectivity index (χ2v) is 7.93. The van der Waals surface area contributed by atoms with E-state index in [9.17, 15) is 15.0 Å². The molecule has 0 aromatic carbocycles. The number of carboxylic acids is 1. The summed E-state index contributed by atoms with van der Waals surface area (Å²) in [5.41, 5.74) is -0.410. The van der Waals surface area contributed by atoms with Crippen molar-refractivity contribution in [3.63, 3.8) is 0 Å². The van der Waals surface area contributed by atoms with Crippen LogP contribution >= 0.6 is 0 Å². The summed E-state index contributed by atoms with van der Waals surface area (Å²) in [5, 5.41) is 19.4. The third-order valence-electron chi connectivity index (χ3n) is 5.49. The van der Waals surface area contributed by atoms with E-state index in [0.29, 0.717) is 6.42 Å². The van der Waals surface area contributed by atoms with Crippen molar-refractivity contribution in [1.82, 2.24) is 0 Å². The van der Waals surface area contributed by atoms with Crippen LogP contribution in [0.1, 0.15) is 52.4 Å². The van der Waals surface area contributed by atoms with Crippen LogP contribution in [0.15, 0.2) is 0 Å². The van der Waals surface area contributed by atoms with E-state index in [2.05, 4.69) is 13.8 Å². The number of rotatable bonds is 2. The lowest BCUT2D eigenvalue weighted by Crippen LogP contribution is -2.62. The van der Waals surface area contributed by atoms with Crippen LogP contribution in [0.4, 0.5) is 0 Å². The molecule has 0 amide bonds. The number of carbonyl (C=O) groups is 1. The van der Waals surface area contributed by atoms with Gasteiger partial charge in [0.05, 0.1) is 5.41 Å². The number of aliphatic hydroxyl groups is 1. The molecule has 0 spiro atoms. The Bertz CT molecular complexity index is 369. The van der Waals surface area contributed by atoms with Crippen molar-refractivity contribution in [2.45, 2.75) is 52.4 Å². The largest absolute Gasteiger partial charge is 0.481 e. The maximum atomic E-state index is 11.7. The van der Waals surface area contributed by atoms with Gasteiger partial charge in [-0.25, -0.2) is 0 Å². The summed E-state index contributed by atoms with van der Waals surface area (Å²) in [4.78, 5) is 11.7. The number of aliphatic carboxylic acids is 1. The van der Waals surface area contributed by atoms with E-state index in [4.69, 9.17) is 0 Å². The lowest BCUT2D eigenvalue weighted by molar-refractivity contribution is -0.214. The maximum absolute atomic E-state index is 11.7. The molecule has 0 radical (unpaired) electrons. The van der Waals surface area contributed by atoms with Crippen LogP contribution in [0, 0.1) is 21.7 Å². The molecular formula is C14H22O3. The average molecular weight is 238 g/mol. The molecular weight excluding hydrogens is 216 g/mol. The Labute approximate surface area is 102 Å². The van der Waals surface area contributed by atoms with Crippen LogP contribution in [-0.4, -0.2) is 22.8 Å². The standard InChI is InChI=1S/C14H22O3/c1-11-3-12(2)5-13(4-11,9-15)8-14(6-11,7-12)10(16)17/h15H,3-9H2,1-2H3,(H,16,17). The first kappa shape index (κ1) is 11.5. The van der Waals surface area contributed by atoms with Crippen molar-refractivity contribution in [3.8, 4) is 0 Å². The third kappa shape index (κ3) is 1.41. The van der Waals surface area contributed by atoms with E-state index in [1.807, 2.05) is 0 Å². The van der Waals surface area contributed by atoms with E-state index in [1.54, 1.807) is 0 Å². The Morgan fingerprint density at radius 1 is 1.00 bits per heavy atom. The van der Waals surface area contributed by atoms with Crippen molar-refractivity contribution in [3.05, 3.63) is 0 Å². The minimum absolute atomic E-state index is 0.114. The average Bonchev–Trinajstić information content (AvgIpc) is 2.11. The van der Waals surface area contributed by atoms with Crippen LogP contribution in [0.5, 0.6) is 0 Å². The highest BCUT2D eigenvalue weighted by Crippen LogP contribution is 2.73. The maximum Gasteiger partial charge on any atom is 0.309 e. The van der Waals surface area contributed by atoms with Crippen LogP contribution < -0.4 is 0 Å². The zero-order valence-electron chi connectivity index (χ0n) is 10.8. The lowest BCUT2D eigenvalue weighted by Gasteiger charge is -2.68. The smallest absolute Gasteiger partial charge is 0.309 e. The first-order chi connectivity index (χ1) is 7.75. The monoisotopic (exact) mass is 238 g/mol. The number of hydrogen-bond acceptors (Lipinski definition) is 2. The first-order valence-corrected chi connectivity index (χ1v) is 6.59. The molecule has 4 aliphatic rings. The molecule has 0 heterocycles. The van der Waals surface area contributed by atoms with Gasteiger partial charge in [0.25, 0.3) is 0 Å². The predicted molar refractivity (Wildman–Crippen MR) is 63.5 cm³/mol. The summed E-state index contributed by atoms with van der Waals surface area (Å²) in [5.74, 6) is -0.633. The van der Waals surface area contributed by atoms with Gasteiger partial charge in [0.15, 0.2) is 0 Å². The SMILES string of the molecule is CC12CC3(C)CC(CO)(C1)CC(C(=O)O)(C2)C3. The number of hydrogen-bond donors (Lipinski definition) is 2. The fourth-order valence-corrected chi connectivity index (χ4v) is 6.34. The Morgan fingerprint density at radius 3 is 1.94 bits per heavy atom. The summed E-state index contributed by atoms with van der Waals surface area (Å²) in [6.45, 7) is 4.61. The van der Waals surface area contributed by atoms with Gasteiger partial charge in [-0.05, 0) is 54.8 Å². The molecule has 4 rings (SSSR count). The molecule has 3 nitrogen and oxygen atoms in total. The zero-order chi connectivity index (χ0) is 12.5. The molecule has 0 aliphatic heterocycles. The second-order valence-electron chi connectivity index (χ2n) is 7.93. The van der Waals surface area contributed by atoms with Crippen LogP contribution in [0.3, 0.4) is 0 Å². The highest BCUT2D eigenvalue weighted by molar-refractivity contribution is 5.75. The van der Waals surface area contributed by atoms with E-state index < -0.39 is 11.4 Å². The molecule has 0 aromatic heterocycles. The molecule has 0 aromatic rings. The van der Waals surface area contributed by atoms with E-state index in [0.717, 1.165) is 32.1 Å². The minimum Gasteiger partial charge on any atom is -0.481 e. The molecule has 2 N–H and O–H groups in total. The Balaban J connectivity index is 2.10. The molecule has 17 heavy (non-hydrogen) atoms. The van der Waals surface area contributed by atoms with Crippen molar-refractivity contribution in [2.24, 2.45) is 21.7 Å². The number of aliphatic hydroxyl groups excluding tert-OH is 1. The Hall–Kier alpha value is -0.570. The van der Waals surface area contributed by atoms with Gasteiger partial charge in [0.1, 0.15) is 0 Å². The van der Waals surface area contributed by atoms with E-state index in [1.165, 1.54) is 0 Å². The summed E-state index contributed by atoms with van der Waals surface area (Å²) >= 11 is 0. The topological polar surface area (TPSA) is 57.5 Å². The van der Waals surface area contributed by atoms with Crippen molar-refractivity contribution >= 4 is 5.97 Å². The summed E-state index contributed by atoms with van der Waals surface area (Å²) in [7, 11) is 0. The van der Waals surface area contributed by atoms with Crippen LogP contribution in [-0.2, 0) is 4.79 Å². The van der Waals surface area contributed by atoms with Gasteiger partial charge < -0.3 is 10.2 Å². The summed E-state index contributed by atoms with van der Waals surface area (Å²) < 4.78 is 0. The van der Waals surface area contributed by atoms with E-state index >= 15 is 0 Å². The second kappa shape index (κ2) is 2.87. The normalized spacial score (nSPS) is 56.2. The molecule has 2 atom stereocenters. The van der Waals surface area contributed by atoms with Gasteiger partial charge >= 0.3 is 5.97 Å². The fourth-order valence-electron chi connectivity index (χ4n) is 6.34. The molecule has 96 valence electrons. The van der Waals surface area contributed by atoms with E-state index in [-0.39, 0.29) is 22.9 Å². The molecule has 3 heteroatoms. The Kier molecular flexibility index (Phi) is 1.95. The third-order valence-corrected chi connectivity index (χ3v) is 5.49. The summed E-state index contributed by atoms with van der Waals surface area (Å²) in [6, 6.07) is 0. The van der Waals surface area contributed by atoms with Crippen LogP contribution in [0.25, 0.3) is 0 Å². The van der Waals surface area contributed by atoms with Crippen molar-refractivity contribution in [1.29, 1.82) is 0 Å². The summed E-state index contributed by atoms with van der Waals surface area (Å²) in [6.07, 6.45) is 5.48. The van der Waals surface area contributed by atoms with Gasteiger partial charge in [-0.2, -0.15) is 0 Å². The van der Waals surface area contributed by atoms with Gasteiger partial charge in [-0.15, -0.1) is 0 Å². The number of carboxylic acid groups (broad SMARTS) is 1. The fraction of sp³-hybridized carbons (Fsp3) is 0.929. The highest BCUT2D eigenvalue weighted by atomic mass is 16.4. The van der Waals surface area contributed by atoms with Gasteiger partial charge in [-0.3, -0.25) is 4.79 Å². The first-order valence-electron chi connectivity index (χ1n) is 6.59. The molecule has 4 saturated carbocycles. The molecule has 4 aliphatic carbocycles. The molecule has 0 saturated heterocycles. The Morgan fingerprint density at radius 2 is 1.53 bits per heavy atom. The quantitative estimate of drug-likeness (QED) is 0.776.